The Balaban J connectivity index is 1.81. The van der Waals surface area contributed by atoms with Crippen LogP contribution in [0.1, 0.15) is 58.3 Å². The van der Waals surface area contributed by atoms with Gasteiger partial charge < -0.3 is 19.1 Å². The van der Waals surface area contributed by atoms with Crippen LogP contribution in [-0.4, -0.2) is 73.8 Å². The average molecular weight is 536 g/mol. The zero-order valence-corrected chi connectivity index (χ0v) is 23.2. The van der Waals surface area contributed by atoms with E-state index in [-0.39, 0.29) is 36.9 Å². The molecule has 6 unspecified atom stereocenters. The molecule has 214 valence electrons. The van der Waals surface area contributed by atoms with Crippen molar-refractivity contribution in [2.45, 2.75) is 82.7 Å². The predicted octanol–water partition coefficient (Wildman–Crippen LogP) is 3.52. The summed E-state index contributed by atoms with van der Waals surface area (Å²) in [6, 6.07) is 0. The van der Waals surface area contributed by atoms with Crippen molar-refractivity contribution >= 4 is 11.9 Å². The zero-order valence-electron chi connectivity index (χ0n) is 23.2. The lowest BCUT2D eigenvalue weighted by Gasteiger charge is -2.29. The van der Waals surface area contributed by atoms with E-state index in [0.717, 1.165) is 25.7 Å². The van der Waals surface area contributed by atoms with E-state index >= 15 is 0 Å². The van der Waals surface area contributed by atoms with Gasteiger partial charge in [-0.25, -0.2) is 14.7 Å². The van der Waals surface area contributed by atoms with E-state index in [9.17, 15) is 20.0 Å². The number of carbonyl (C=O) groups excluding carboxylic acids is 2. The molecule has 1 aliphatic carbocycles. The number of quaternary nitrogens is 1. The van der Waals surface area contributed by atoms with Crippen molar-refractivity contribution < 1.29 is 43.8 Å². The Morgan fingerprint density at radius 3 is 2.50 bits per heavy atom. The van der Waals surface area contributed by atoms with E-state index < -0.39 is 24.1 Å². The Hall–Kier alpha value is -2.30. The number of hydrogen-bond donors (Lipinski definition) is 1. The number of ether oxygens (including phenoxy) is 1. The van der Waals surface area contributed by atoms with Crippen molar-refractivity contribution in [3.05, 3.63) is 48.6 Å². The molecule has 0 spiro atoms. The van der Waals surface area contributed by atoms with Crippen molar-refractivity contribution in [3.8, 4) is 0 Å². The zero-order chi connectivity index (χ0) is 28.0. The quantitative estimate of drug-likeness (QED) is 0.0932. The van der Waals surface area contributed by atoms with Gasteiger partial charge in [-0.15, -0.1) is 0 Å². The monoisotopic (exact) mass is 535 g/mol. The summed E-state index contributed by atoms with van der Waals surface area (Å²) in [5.74, 6) is -1.29. The standard InChI is InChI=1S/C29H45NO8/c1-5-6-7-8-9-11-14-22(36-34)17-18-25-24(26-20-27(25)38-37-26)15-12-10-13-16-29(33)35-23(19-28(31)32)21-30(2,3)4/h6-7,9-12,17-18,22-27H,5,8,13-16,19-21H2,1-4H3,(H-,31,32,34)/b7-6+,11-9-,12-10+,18-17+. The molecule has 2 bridgehead atoms. The van der Waals surface area contributed by atoms with Crippen LogP contribution in [0.2, 0.25) is 0 Å². The molecule has 9 heteroatoms. The molecule has 2 rings (SSSR count). The van der Waals surface area contributed by atoms with Crippen LogP contribution in [0.3, 0.4) is 0 Å². The topological polar surface area (TPSA) is 114 Å². The number of rotatable bonds is 18. The van der Waals surface area contributed by atoms with Gasteiger partial charge in [-0.05, 0) is 32.1 Å². The number of carboxylic acids is 1. The van der Waals surface area contributed by atoms with Gasteiger partial charge in [0.1, 0.15) is 18.8 Å². The Morgan fingerprint density at radius 1 is 1.08 bits per heavy atom. The molecule has 2 aliphatic rings. The molecular weight excluding hydrogens is 490 g/mol. The summed E-state index contributed by atoms with van der Waals surface area (Å²) in [7, 11) is 5.73. The molecule has 1 heterocycles. The van der Waals surface area contributed by atoms with E-state index in [4.69, 9.17) is 14.5 Å². The summed E-state index contributed by atoms with van der Waals surface area (Å²) < 4.78 is 5.88. The molecule has 1 aliphatic heterocycles. The molecule has 0 aromatic heterocycles. The van der Waals surface area contributed by atoms with E-state index in [1.54, 1.807) is 0 Å². The van der Waals surface area contributed by atoms with Gasteiger partial charge in [0.05, 0.1) is 27.2 Å². The smallest absolute Gasteiger partial charge is 0.306 e. The lowest BCUT2D eigenvalue weighted by Crippen LogP contribution is -2.45. The fourth-order valence-corrected chi connectivity index (χ4v) is 4.85. The molecule has 38 heavy (non-hydrogen) atoms. The van der Waals surface area contributed by atoms with E-state index in [2.05, 4.69) is 36.1 Å². The molecule has 0 amide bonds. The van der Waals surface area contributed by atoms with Crippen molar-refractivity contribution in [1.29, 1.82) is 0 Å². The maximum Gasteiger partial charge on any atom is 0.306 e. The first-order chi connectivity index (χ1) is 18.1. The van der Waals surface area contributed by atoms with Gasteiger partial charge >= 0.3 is 5.97 Å². The van der Waals surface area contributed by atoms with Crippen LogP contribution in [0.15, 0.2) is 48.6 Å². The summed E-state index contributed by atoms with van der Waals surface area (Å²) in [6.45, 7) is 2.49. The summed E-state index contributed by atoms with van der Waals surface area (Å²) in [5, 5.41) is 20.3. The fourth-order valence-electron chi connectivity index (χ4n) is 4.85. The van der Waals surface area contributed by atoms with Gasteiger partial charge in [0.15, 0.2) is 6.10 Å². The Kier molecular flexibility index (Phi) is 14.0. The van der Waals surface area contributed by atoms with Gasteiger partial charge in [-0.3, -0.25) is 10.1 Å². The molecule has 0 aromatic carbocycles. The minimum atomic E-state index is -1.23. The maximum absolute atomic E-state index is 12.3. The van der Waals surface area contributed by atoms with Crippen molar-refractivity contribution in [2.24, 2.45) is 11.8 Å². The third kappa shape index (κ3) is 12.0. The Bertz CT molecular complexity index is 844. The predicted molar refractivity (Wildman–Crippen MR) is 141 cm³/mol. The number of fused-ring (bicyclic) bond motifs is 2. The first-order valence-corrected chi connectivity index (χ1v) is 13.6. The lowest BCUT2D eigenvalue weighted by molar-refractivity contribution is -0.873. The molecule has 2 fully saturated rings. The number of carboxylic acid groups (broad SMARTS) is 1. The molecule has 9 nitrogen and oxygen atoms in total. The second-order valence-electron chi connectivity index (χ2n) is 11.0. The summed E-state index contributed by atoms with van der Waals surface area (Å²) in [4.78, 5) is 38.8. The molecule has 1 saturated heterocycles. The number of aliphatic carboxylic acids is 1. The SMILES string of the molecule is CC/C=C/C/C=C\CC(/C=C/C1C2CC(OO2)C1C/C=C/CCC(=O)OC(CC(=O)[O-])C[N+](C)(C)C)OO. The molecule has 0 radical (unpaired) electrons. The highest BCUT2D eigenvalue weighted by Gasteiger charge is 2.49. The molecular formula is C29H45NO8. The van der Waals surface area contributed by atoms with Gasteiger partial charge in [0, 0.05) is 37.1 Å². The lowest BCUT2D eigenvalue weighted by atomic mass is 9.89. The number of hydrogen-bond acceptors (Lipinski definition) is 8. The van der Waals surface area contributed by atoms with Crippen LogP contribution in [-0.2, 0) is 29.0 Å². The van der Waals surface area contributed by atoms with Gasteiger partial charge in [-0.1, -0.05) is 55.5 Å². The Morgan fingerprint density at radius 2 is 1.82 bits per heavy atom. The third-order valence-electron chi connectivity index (χ3n) is 6.60. The summed E-state index contributed by atoms with van der Waals surface area (Å²) in [5.41, 5.74) is 0. The van der Waals surface area contributed by atoms with E-state index in [1.165, 1.54) is 0 Å². The van der Waals surface area contributed by atoms with Crippen LogP contribution < -0.4 is 5.11 Å². The number of esters is 1. The van der Waals surface area contributed by atoms with Crippen molar-refractivity contribution in [2.75, 3.05) is 27.7 Å². The van der Waals surface area contributed by atoms with Crippen molar-refractivity contribution in [3.63, 3.8) is 0 Å². The maximum atomic E-state index is 12.3. The highest BCUT2D eigenvalue weighted by atomic mass is 17.2. The third-order valence-corrected chi connectivity index (χ3v) is 6.60. The summed E-state index contributed by atoms with van der Waals surface area (Å²) in [6.07, 6.45) is 19.4. The number of carbonyl (C=O) groups is 2. The largest absolute Gasteiger partial charge is 0.550 e. The van der Waals surface area contributed by atoms with Crippen LogP contribution >= 0.6 is 0 Å². The Labute approximate surface area is 226 Å². The van der Waals surface area contributed by atoms with E-state index in [1.807, 2.05) is 45.4 Å². The second-order valence-corrected chi connectivity index (χ2v) is 11.0. The van der Waals surface area contributed by atoms with Gasteiger partial charge in [0.2, 0.25) is 0 Å². The fraction of sp³-hybridized carbons (Fsp3) is 0.655. The number of allylic oxidation sites excluding steroid dienone is 5. The minimum Gasteiger partial charge on any atom is -0.550 e. The van der Waals surface area contributed by atoms with Crippen LogP contribution in [0.5, 0.6) is 0 Å². The van der Waals surface area contributed by atoms with Gasteiger partial charge in [-0.2, -0.15) is 0 Å². The first-order valence-electron chi connectivity index (χ1n) is 13.6. The number of nitrogens with zero attached hydrogens (tertiary/aromatic N) is 1. The van der Waals surface area contributed by atoms with E-state index in [0.29, 0.717) is 23.9 Å². The van der Waals surface area contributed by atoms with Crippen LogP contribution in [0.25, 0.3) is 0 Å². The van der Waals surface area contributed by atoms with Crippen LogP contribution in [0, 0.1) is 11.8 Å². The molecule has 6 atom stereocenters. The first kappa shape index (κ1) is 31.9. The van der Waals surface area contributed by atoms with Crippen molar-refractivity contribution in [1.82, 2.24) is 0 Å². The highest BCUT2D eigenvalue weighted by molar-refractivity contribution is 5.71. The molecule has 0 aromatic rings. The second kappa shape index (κ2) is 16.6. The highest BCUT2D eigenvalue weighted by Crippen LogP contribution is 2.45. The summed E-state index contributed by atoms with van der Waals surface area (Å²) >= 11 is 0. The molecule has 1 saturated carbocycles. The normalized spacial score (nSPS) is 25.3. The average Bonchev–Trinajstić information content (AvgIpc) is 3.43. The van der Waals surface area contributed by atoms with Crippen LogP contribution in [0.4, 0.5) is 0 Å². The van der Waals surface area contributed by atoms with Gasteiger partial charge in [0.25, 0.3) is 0 Å². The molecule has 1 N–H and O–H groups in total. The number of likely N-dealkylation sites (N-methyl/N-ethyl adjacent to an activating group) is 1. The minimum absolute atomic E-state index is 0.00363.